The molecule has 6 nitrogen and oxygen atoms in total. The lowest BCUT2D eigenvalue weighted by molar-refractivity contribution is -0.138. The van der Waals surface area contributed by atoms with Crippen LogP contribution in [0.2, 0.25) is 0 Å². The van der Waals surface area contributed by atoms with Crippen molar-refractivity contribution in [3.05, 3.63) is 76.9 Å². The molecular weight excluding hydrogens is 368 g/mol. The first kappa shape index (κ1) is 19.1. The van der Waals surface area contributed by atoms with E-state index in [9.17, 15) is 9.59 Å². The van der Waals surface area contributed by atoms with Crippen molar-refractivity contribution in [2.75, 3.05) is 6.61 Å². The lowest BCUT2D eigenvalue weighted by atomic mass is 9.81. The SMILES string of the molecule is NCc1ccc(C(=O)C2(c3ccc4c(c3)CC(CC(=O)O)CO4)C=CC=N2)cc1. The Morgan fingerprint density at radius 1 is 1.21 bits per heavy atom. The summed E-state index contributed by atoms with van der Waals surface area (Å²) in [4.78, 5) is 29.0. The molecule has 0 saturated carbocycles. The third-order valence-corrected chi connectivity index (χ3v) is 5.45. The third-order valence-electron chi connectivity index (χ3n) is 5.45. The molecule has 2 aliphatic rings. The number of fused-ring (bicyclic) bond motifs is 1. The first-order valence-electron chi connectivity index (χ1n) is 9.56. The molecule has 0 radical (unpaired) electrons. The third kappa shape index (κ3) is 3.59. The van der Waals surface area contributed by atoms with Crippen molar-refractivity contribution in [1.29, 1.82) is 0 Å². The molecule has 0 aromatic heterocycles. The van der Waals surface area contributed by atoms with Crippen LogP contribution in [0.3, 0.4) is 0 Å². The monoisotopic (exact) mass is 390 g/mol. The fourth-order valence-electron chi connectivity index (χ4n) is 3.91. The number of carbonyl (C=O) groups excluding carboxylic acids is 1. The van der Waals surface area contributed by atoms with Crippen LogP contribution in [-0.4, -0.2) is 29.7 Å². The second kappa shape index (κ2) is 7.64. The van der Waals surface area contributed by atoms with Gasteiger partial charge in [0.2, 0.25) is 0 Å². The predicted octanol–water partition coefficient (Wildman–Crippen LogP) is 2.89. The van der Waals surface area contributed by atoms with Crippen molar-refractivity contribution >= 4 is 18.0 Å². The number of carboxylic acid groups (broad SMARTS) is 1. The van der Waals surface area contributed by atoms with E-state index >= 15 is 0 Å². The molecule has 6 heteroatoms. The molecule has 0 saturated heterocycles. The standard InChI is InChI=1S/C23H22N2O4/c24-13-15-2-4-17(5-3-15)22(28)23(8-1-9-25-23)19-6-7-20-18(12-19)10-16(14-29-20)11-21(26)27/h1-9,12,16H,10-11,13-14,24H2,(H,26,27). The van der Waals surface area contributed by atoms with Crippen molar-refractivity contribution in [2.45, 2.75) is 24.9 Å². The number of nitrogens with two attached hydrogens (primary N) is 1. The number of rotatable bonds is 6. The van der Waals surface area contributed by atoms with Gasteiger partial charge in [0.05, 0.1) is 13.0 Å². The molecule has 3 N–H and O–H groups in total. The second-order valence-electron chi connectivity index (χ2n) is 7.44. The van der Waals surface area contributed by atoms with E-state index in [0.29, 0.717) is 25.1 Å². The summed E-state index contributed by atoms with van der Waals surface area (Å²) in [5.74, 6) is -0.316. The number of ketones is 1. The molecule has 148 valence electrons. The molecule has 2 unspecified atom stereocenters. The van der Waals surface area contributed by atoms with Gasteiger partial charge in [0.25, 0.3) is 0 Å². The van der Waals surface area contributed by atoms with E-state index in [-0.39, 0.29) is 18.1 Å². The molecular formula is C23H22N2O4. The number of Topliss-reactive ketones (excluding diaryl/α,β-unsaturated/α-hetero) is 1. The summed E-state index contributed by atoms with van der Waals surface area (Å²) in [6.45, 7) is 0.800. The van der Waals surface area contributed by atoms with E-state index in [1.807, 2.05) is 30.3 Å². The number of hydrogen-bond acceptors (Lipinski definition) is 5. The zero-order chi connectivity index (χ0) is 20.4. The zero-order valence-electron chi connectivity index (χ0n) is 15.9. The first-order valence-corrected chi connectivity index (χ1v) is 9.56. The summed E-state index contributed by atoms with van der Waals surface area (Å²) in [5.41, 5.74) is 7.69. The molecule has 2 aromatic rings. The maximum absolute atomic E-state index is 13.4. The van der Waals surface area contributed by atoms with Crippen molar-refractivity contribution in [2.24, 2.45) is 16.6 Å². The molecule has 0 aliphatic carbocycles. The van der Waals surface area contributed by atoms with Crippen LogP contribution in [0.4, 0.5) is 0 Å². The number of hydrogen-bond donors (Lipinski definition) is 2. The molecule has 0 spiro atoms. The fraction of sp³-hybridized carbons (Fsp3) is 0.261. The van der Waals surface area contributed by atoms with E-state index in [2.05, 4.69) is 4.99 Å². The molecule has 2 atom stereocenters. The second-order valence-corrected chi connectivity index (χ2v) is 7.44. The summed E-state index contributed by atoms with van der Waals surface area (Å²) in [7, 11) is 0. The Hall–Kier alpha value is -3.25. The Kier molecular flexibility index (Phi) is 5.03. The number of allylic oxidation sites excluding steroid dienone is 1. The van der Waals surface area contributed by atoms with Gasteiger partial charge in [-0.2, -0.15) is 0 Å². The van der Waals surface area contributed by atoms with Crippen LogP contribution >= 0.6 is 0 Å². The van der Waals surface area contributed by atoms with Crippen molar-refractivity contribution in [3.63, 3.8) is 0 Å². The largest absolute Gasteiger partial charge is 0.493 e. The Morgan fingerprint density at radius 3 is 2.66 bits per heavy atom. The smallest absolute Gasteiger partial charge is 0.303 e. The highest BCUT2D eigenvalue weighted by Gasteiger charge is 2.40. The lowest BCUT2D eigenvalue weighted by Crippen LogP contribution is -2.31. The highest BCUT2D eigenvalue weighted by molar-refractivity contribution is 6.07. The fourth-order valence-corrected chi connectivity index (χ4v) is 3.91. The number of aliphatic imine (C=N–C) groups is 1. The average Bonchev–Trinajstić information content (AvgIpc) is 3.23. The number of carboxylic acids is 1. The van der Waals surface area contributed by atoms with Crippen molar-refractivity contribution in [3.8, 4) is 5.75 Å². The van der Waals surface area contributed by atoms with Gasteiger partial charge in [-0.1, -0.05) is 30.3 Å². The average molecular weight is 390 g/mol. The minimum absolute atomic E-state index is 0.0548. The summed E-state index contributed by atoms with van der Waals surface area (Å²) in [5, 5.41) is 9.08. The first-order chi connectivity index (χ1) is 14.0. The Labute approximate surface area is 168 Å². The lowest BCUT2D eigenvalue weighted by Gasteiger charge is -2.28. The van der Waals surface area contributed by atoms with E-state index in [0.717, 1.165) is 22.4 Å². The highest BCUT2D eigenvalue weighted by Crippen LogP contribution is 2.38. The molecule has 2 aromatic carbocycles. The minimum atomic E-state index is -1.13. The van der Waals surface area contributed by atoms with Crippen molar-refractivity contribution in [1.82, 2.24) is 0 Å². The number of carbonyl (C=O) groups is 2. The molecule has 29 heavy (non-hydrogen) atoms. The minimum Gasteiger partial charge on any atom is -0.493 e. The van der Waals surface area contributed by atoms with Gasteiger partial charge in [-0.3, -0.25) is 14.6 Å². The Bertz CT molecular complexity index is 996. The van der Waals surface area contributed by atoms with Crippen LogP contribution in [0, 0.1) is 5.92 Å². The van der Waals surface area contributed by atoms with Gasteiger partial charge >= 0.3 is 5.97 Å². The van der Waals surface area contributed by atoms with E-state index in [1.54, 1.807) is 30.5 Å². The summed E-state index contributed by atoms with van der Waals surface area (Å²) < 4.78 is 5.74. The van der Waals surface area contributed by atoms with Crippen LogP contribution in [0.15, 0.2) is 59.6 Å². The molecule has 2 heterocycles. The van der Waals surface area contributed by atoms with Crippen LogP contribution in [0.25, 0.3) is 0 Å². The van der Waals surface area contributed by atoms with Crippen LogP contribution < -0.4 is 10.5 Å². The van der Waals surface area contributed by atoms with E-state index in [4.69, 9.17) is 15.6 Å². The molecule has 4 rings (SSSR count). The number of nitrogens with zero attached hydrogens (tertiary/aromatic N) is 1. The number of benzene rings is 2. The van der Waals surface area contributed by atoms with Crippen molar-refractivity contribution < 1.29 is 19.4 Å². The Balaban J connectivity index is 1.69. The molecule has 0 amide bonds. The van der Waals surface area contributed by atoms with Crippen LogP contribution in [0.5, 0.6) is 5.75 Å². The Morgan fingerprint density at radius 2 is 2.00 bits per heavy atom. The quantitative estimate of drug-likeness (QED) is 0.739. The van der Waals surface area contributed by atoms with Gasteiger partial charge in [0.15, 0.2) is 11.3 Å². The van der Waals surface area contributed by atoms with Gasteiger partial charge in [0.1, 0.15) is 5.75 Å². The van der Waals surface area contributed by atoms with Crippen LogP contribution in [-0.2, 0) is 23.3 Å². The number of ether oxygens (including phenoxy) is 1. The maximum Gasteiger partial charge on any atom is 0.303 e. The predicted molar refractivity (Wildman–Crippen MR) is 109 cm³/mol. The van der Waals surface area contributed by atoms with Gasteiger partial charge in [-0.05, 0) is 47.4 Å². The summed E-state index contributed by atoms with van der Waals surface area (Å²) in [6, 6.07) is 12.9. The summed E-state index contributed by atoms with van der Waals surface area (Å²) >= 11 is 0. The van der Waals surface area contributed by atoms with Gasteiger partial charge in [-0.25, -0.2) is 0 Å². The van der Waals surface area contributed by atoms with E-state index in [1.165, 1.54) is 0 Å². The van der Waals surface area contributed by atoms with E-state index < -0.39 is 11.5 Å². The topological polar surface area (TPSA) is 102 Å². The number of aliphatic carboxylic acids is 1. The molecule has 0 bridgehead atoms. The normalized spacial score (nSPS) is 22.2. The maximum atomic E-state index is 13.4. The van der Waals surface area contributed by atoms with Gasteiger partial charge in [0, 0.05) is 24.2 Å². The zero-order valence-corrected chi connectivity index (χ0v) is 15.9. The van der Waals surface area contributed by atoms with Gasteiger partial charge < -0.3 is 15.6 Å². The molecule has 0 fully saturated rings. The highest BCUT2D eigenvalue weighted by atomic mass is 16.5. The van der Waals surface area contributed by atoms with Gasteiger partial charge in [-0.15, -0.1) is 0 Å². The molecule has 2 aliphatic heterocycles. The summed E-state index contributed by atoms with van der Waals surface area (Å²) in [6.07, 6.45) is 5.86. The van der Waals surface area contributed by atoms with Crippen LogP contribution in [0.1, 0.15) is 33.5 Å².